The molecule has 0 bridgehead atoms. The molecule has 0 spiro atoms. The minimum atomic E-state index is -0.641. The number of hydrogen-bond acceptors (Lipinski definition) is 3. The van der Waals surface area contributed by atoms with E-state index in [1.807, 2.05) is 0 Å². The minimum absolute atomic E-state index is 0.542. The molecule has 0 aromatic heterocycles. The van der Waals surface area contributed by atoms with E-state index in [1.54, 1.807) is 20.8 Å². The molecule has 0 N–H and O–H groups in total. The molecule has 0 radical (unpaired) electrons. The Morgan fingerprint density at radius 3 is 2.09 bits per heavy atom. The third-order valence-electron chi connectivity index (χ3n) is 0.686. The van der Waals surface area contributed by atoms with E-state index in [0.29, 0.717) is 0 Å². The Bertz CT molecular complexity index is 174. The van der Waals surface area contributed by atoms with Crippen LogP contribution in [0, 0.1) is 0 Å². The molecule has 0 atom stereocenters. The summed E-state index contributed by atoms with van der Waals surface area (Å²) < 4.78 is 4.79. The normalized spacial score (nSPS) is 12.8. The standard InChI is InChI=1S/C8H14O3/c1-6(9)5-7(10)11-8(2,3)4/h5,9-10H,1H2,2-4H3/p-2/b7-5+. The second kappa shape index (κ2) is 3.32. The highest BCUT2D eigenvalue weighted by Gasteiger charge is 2.02. The Hall–Kier alpha value is -1.12. The van der Waals surface area contributed by atoms with Crippen molar-refractivity contribution in [3.05, 3.63) is 24.4 Å². The molecule has 64 valence electrons. The third-order valence-corrected chi connectivity index (χ3v) is 0.686. The van der Waals surface area contributed by atoms with Crippen molar-refractivity contribution in [1.29, 1.82) is 0 Å². The molecule has 0 saturated heterocycles. The first-order chi connectivity index (χ1) is 4.81. The van der Waals surface area contributed by atoms with Gasteiger partial charge in [0.1, 0.15) is 0 Å². The molecular weight excluding hydrogens is 144 g/mol. The summed E-state index contributed by atoms with van der Waals surface area (Å²) in [6, 6.07) is 0. The van der Waals surface area contributed by atoms with Crippen LogP contribution in [-0.2, 0) is 4.74 Å². The average Bonchev–Trinajstić information content (AvgIpc) is 1.53. The Morgan fingerprint density at radius 2 is 1.82 bits per heavy atom. The molecule has 3 heteroatoms. The van der Waals surface area contributed by atoms with Crippen LogP contribution >= 0.6 is 0 Å². The van der Waals surface area contributed by atoms with Gasteiger partial charge in [-0.1, -0.05) is 20.8 Å². The molecule has 0 aliphatic rings. The van der Waals surface area contributed by atoms with Crippen LogP contribution in [0.4, 0.5) is 0 Å². The van der Waals surface area contributed by atoms with Crippen LogP contribution in [0.25, 0.3) is 0 Å². The summed E-state index contributed by atoms with van der Waals surface area (Å²) in [5.41, 5.74) is -0.553. The highest BCUT2D eigenvalue weighted by atomic mass is 16.6. The van der Waals surface area contributed by atoms with Gasteiger partial charge in [0.05, 0.1) is 5.95 Å². The largest absolute Gasteiger partial charge is 0.873 e. The predicted molar refractivity (Wildman–Crippen MR) is 38.1 cm³/mol. The second-order valence-electron chi connectivity index (χ2n) is 3.14. The molecule has 0 unspecified atom stereocenters. The first-order valence-corrected chi connectivity index (χ1v) is 3.25. The summed E-state index contributed by atoms with van der Waals surface area (Å²) in [5.74, 6) is -1.18. The van der Waals surface area contributed by atoms with Crippen LogP contribution in [0.3, 0.4) is 0 Å². The van der Waals surface area contributed by atoms with Gasteiger partial charge in [-0.05, 0) is 6.08 Å². The fourth-order valence-corrected chi connectivity index (χ4v) is 0.463. The van der Waals surface area contributed by atoms with E-state index < -0.39 is 17.3 Å². The molecule has 0 aliphatic carbocycles. The Labute approximate surface area is 66.6 Å². The molecule has 0 rings (SSSR count). The first kappa shape index (κ1) is 9.88. The van der Waals surface area contributed by atoms with E-state index >= 15 is 0 Å². The molecular formula is C8H12O3-2. The molecule has 0 aromatic rings. The minimum Gasteiger partial charge on any atom is -0.873 e. The smallest absolute Gasteiger partial charge is 0.0511 e. The number of ether oxygens (including phenoxy) is 1. The van der Waals surface area contributed by atoms with E-state index in [4.69, 9.17) is 4.74 Å². The van der Waals surface area contributed by atoms with Crippen molar-refractivity contribution >= 4 is 0 Å². The van der Waals surface area contributed by atoms with E-state index in [9.17, 15) is 10.2 Å². The Kier molecular flexibility index (Phi) is 2.99. The van der Waals surface area contributed by atoms with Crippen molar-refractivity contribution in [2.75, 3.05) is 0 Å². The van der Waals surface area contributed by atoms with Crippen LogP contribution in [0.1, 0.15) is 20.8 Å². The number of allylic oxidation sites excluding steroid dienone is 1. The fourth-order valence-electron chi connectivity index (χ4n) is 0.463. The Morgan fingerprint density at radius 1 is 1.36 bits per heavy atom. The van der Waals surface area contributed by atoms with Gasteiger partial charge in [-0.15, -0.1) is 12.3 Å². The molecule has 0 amide bonds. The number of hydrogen-bond donors (Lipinski definition) is 0. The molecule has 0 aromatic carbocycles. The average molecular weight is 156 g/mol. The highest BCUT2D eigenvalue weighted by Crippen LogP contribution is 2.09. The summed E-state index contributed by atoms with van der Waals surface area (Å²) in [5, 5.41) is 21.0. The van der Waals surface area contributed by atoms with Gasteiger partial charge in [0, 0.05) is 5.60 Å². The summed E-state index contributed by atoms with van der Waals surface area (Å²) in [7, 11) is 0. The van der Waals surface area contributed by atoms with Crippen molar-refractivity contribution in [2.24, 2.45) is 0 Å². The second-order valence-corrected chi connectivity index (χ2v) is 3.14. The van der Waals surface area contributed by atoms with Crippen LogP contribution in [0.15, 0.2) is 24.4 Å². The van der Waals surface area contributed by atoms with Gasteiger partial charge >= 0.3 is 0 Å². The lowest BCUT2D eigenvalue weighted by Gasteiger charge is -2.31. The molecule has 0 aliphatic heterocycles. The van der Waals surface area contributed by atoms with Crippen LogP contribution in [0.5, 0.6) is 0 Å². The van der Waals surface area contributed by atoms with Gasteiger partial charge in [-0.3, -0.25) is 0 Å². The SMILES string of the molecule is C=C([O-])/C=C(\[O-])OC(C)(C)C. The first-order valence-electron chi connectivity index (χ1n) is 3.25. The summed E-state index contributed by atoms with van der Waals surface area (Å²) in [6.07, 6.45) is 0.825. The molecule has 0 saturated carbocycles. The van der Waals surface area contributed by atoms with Crippen molar-refractivity contribution in [1.82, 2.24) is 0 Å². The van der Waals surface area contributed by atoms with Gasteiger partial charge < -0.3 is 14.9 Å². The molecule has 0 heterocycles. The maximum atomic E-state index is 10.7. The summed E-state index contributed by atoms with van der Waals surface area (Å²) in [4.78, 5) is 0. The van der Waals surface area contributed by atoms with Crippen molar-refractivity contribution < 1.29 is 14.9 Å². The fraction of sp³-hybridized carbons (Fsp3) is 0.500. The van der Waals surface area contributed by atoms with Crippen LogP contribution < -0.4 is 10.2 Å². The highest BCUT2D eigenvalue weighted by molar-refractivity contribution is 5.03. The van der Waals surface area contributed by atoms with E-state index in [0.717, 1.165) is 6.08 Å². The van der Waals surface area contributed by atoms with Crippen molar-refractivity contribution in [3.8, 4) is 0 Å². The van der Waals surface area contributed by atoms with Gasteiger partial charge in [-0.2, -0.15) is 0 Å². The molecule has 11 heavy (non-hydrogen) atoms. The van der Waals surface area contributed by atoms with Crippen molar-refractivity contribution in [3.63, 3.8) is 0 Å². The molecule has 3 nitrogen and oxygen atoms in total. The zero-order valence-corrected chi connectivity index (χ0v) is 7.01. The van der Waals surface area contributed by atoms with Gasteiger partial charge in [0.15, 0.2) is 0 Å². The van der Waals surface area contributed by atoms with E-state index in [2.05, 4.69) is 6.58 Å². The quantitative estimate of drug-likeness (QED) is 0.413. The van der Waals surface area contributed by atoms with Gasteiger partial charge in [0.2, 0.25) is 0 Å². The third kappa shape index (κ3) is 6.77. The topological polar surface area (TPSA) is 55.3 Å². The summed E-state index contributed by atoms with van der Waals surface area (Å²) in [6.45, 7) is 8.20. The van der Waals surface area contributed by atoms with E-state index in [-0.39, 0.29) is 0 Å². The lowest BCUT2D eigenvalue weighted by Crippen LogP contribution is -2.24. The number of rotatable bonds is 2. The lowest BCUT2D eigenvalue weighted by molar-refractivity contribution is -0.371. The maximum Gasteiger partial charge on any atom is 0.0511 e. The van der Waals surface area contributed by atoms with Crippen LogP contribution in [0.2, 0.25) is 0 Å². The van der Waals surface area contributed by atoms with Gasteiger partial charge in [-0.25, -0.2) is 0 Å². The van der Waals surface area contributed by atoms with E-state index in [1.165, 1.54) is 0 Å². The lowest BCUT2D eigenvalue weighted by atomic mass is 10.2. The molecule has 0 fully saturated rings. The van der Waals surface area contributed by atoms with Crippen molar-refractivity contribution in [2.45, 2.75) is 26.4 Å². The van der Waals surface area contributed by atoms with Crippen LogP contribution in [-0.4, -0.2) is 5.60 Å². The maximum absolute atomic E-state index is 10.7. The zero-order chi connectivity index (χ0) is 9.07. The summed E-state index contributed by atoms with van der Waals surface area (Å²) >= 11 is 0. The predicted octanol–water partition coefficient (Wildman–Crippen LogP) is -0.123. The van der Waals surface area contributed by atoms with Gasteiger partial charge in [0.25, 0.3) is 0 Å². The zero-order valence-electron chi connectivity index (χ0n) is 7.01. The Balaban J connectivity index is 4.07. The monoisotopic (exact) mass is 156 g/mol.